The number of piperidine rings is 1. The maximum Gasteiger partial charge on any atom is 0.237 e. The van der Waals surface area contributed by atoms with Crippen LogP contribution in [0.1, 0.15) is 51.4 Å². The van der Waals surface area contributed by atoms with Gasteiger partial charge in [0.2, 0.25) is 11.8 Å². The van der Waals surface area contributed by atoms with Gasteiger partial charge in [0, 0.05) is 26.1 Å². The number of carbonyl (C=O) groups is 2. The third-order valence-corrected chi connectivity index (χ3v) is 4.62. The minimum absolute atomic E-state index is 0.0525. The molecule has 1 heterocycles. The van der Waals surface area contributed by atoms with Crippen molar-refractivity contribution in [2.24, 2.45) is 11.7 Å². The minimum atomic E-state index is -0.402. The van der Waals surface area contributed by atoms with Crippen molar-refractivity contribution in [3.8, 4) is 0 Å². The summed E-state index contributed by atoms with van der Waals surface area (Å²) < 4.78 is 0. The number of nitrogens with two attached hydrogens (primary N) is 1. The first-order valence-corrected chi connectivity index (χ1v) is 7.86. The van der Waals surface area contributed by atoms with Crippen LogP contribution in [0.25, 0.3) is 0 Å². The molecule has 0 aromatic carbocycles. The summed E-state index contributed by atoms with van der Waals surface area (Å²) in [6.45, 7) is 0.598. The van der Waals surface area contributed by atoms with Gasteiger partial charge in [0.1, 0.15) is 0 Å². The second-order valence-electron chi connectivity index (χ2n) is 6.36. The van der Waals surface area contributed by atoms with E-state index in [2.05, 4.69) is 5.32 Å². The molecule has 20 heavy (non-hydrogen) atoms. The van der Waals surface area contributed by atoms with Crippen LogP contribution in [0, 0.1) is 5.92 Å². The molecule has 1 saturated heterocycles. The van der Waals surface area contributed by atoms with Crippen LogP contribution in [0.15, 0.2) is 0 Å². The van der Waals surface area contributed by atoms with E-state index >= 15 is 0 Å². The molecule has 0 aromatic heterocycles. The highest BCUT2D eigenvalue weighted by atomic mass is 16.2. The van der Waals surface area contributed by atoms with E-state index in [1.165, 1.54) is 32.1 Å². The van der Waals surface area contributed by atoms with Gasteiger partial charge in [-0.1, -0.05) is 32.1 Å². The molecule has 2 unspecified atom stereocenters. The molecule has 5 heteroatoms. The van der Waals surface area contributed by atoms with Gasteiger partial charge in [-0.05, 0) is 18.8 Å². The van der Waals surface area contributed by atoms with Crippen LogP contribution >= 0.6 is 0 Å². The van der Waals surface area contributed by atoms with Crippen molar-refractivity contribution in [3.05, 3.63) is 0 Å². The van der Waals surface area contributed by atoms with E-state index in [-0.39, 0.29) is 17.9 Å². The van der Waals surface area contributed by atoms with Crippen molar-refractivity contribution in [1.82, 2.24) is 10.2 Å². The Hall–Kier alpha value is -1.10. The van der Waals surface area contributed by atoms with Gasteiger partial charge in [-0.2, -0.15) is 0 Å². The van der Waals surface area contributed by atoms with Crippen molar-refractivity contribution in [1.29, 1.82) is 0 Å². The zero-order valence-corrected chi connectivity index (χ0v) is 12.4. The SMILES string of the molecule is CN1CC(NC(=O)C(N)CC2CCCCC2)CCC1=O. The number of hydrogen-bond donors (Lipinski definition) is 2. The van der Waals surface area contributed by atoms with Gasteiger partial charge < -0.3 is 16.0 Å². The fraction of sp³-hybridized carbons (Fsp3) is 0.867. The Labute approximate surface area is 121 Å². The lowest BCUT2D eigenvalue weighted by Crippen LogP contribution is -2.52. The molecule has 0 spiro atoms. The first kappa shape index (κ1) is 15.3. The summed E-state index contributed by atoms with van der Waals surface area (Å²) in [5, 5.41) is 3.00. The highest BCUT2D eigenvalue weighted by Crippen LogP contribution is 2.27. The van der Waals surface area contributed by atoms with Crippen LogP contribution in [-0.2, 0) is 9.59 Å². The lowest BCUT2D eigenvalue weighted by Gasteiger charge is -2.31. The van der Waals surface area contributed by atoms with E-state index in [0.717, 1.165) is 12.8 Å². The van der Waals surface area contributed by atoms with E-state index in [1.54, 1.807) is 11.9 Å². The molecule has 2 rings (SSSR count). The number of nitrogens with zero attached hydrogens (tertiary/aromatic N) is 1. The van der Waals surface area contributed by atoms with Crippen LogP contribution in [0.4, 0.5) is 0 Å². The van der Waals surface area contributed by atoms with Crippen LogP contribution in [0.2, 0.25) is 0 Å². The number of amides is 2. The van der Waals surface area contributed by atoms with Crippen molar-refractivity contribution in [2.75, 3.05) is 13.6 Å². The average molecular weight is 281 g/mol. The van der Waals surface area contributed by atoms with Gasteiger partial charge >= 0.3 is 0 Å². The van der Waals surface area contributed by atoms with E-state index in [0.29, 0.717) is 18.9 Å². The summed E-state index contributed by atoms with van der Waals surface area (Å²) in [6, 6.07) is -0.344. The summed E-state index contributed by atoms with van der Waals surface area (Å²) >= 11 is 0. The molecule has 5 nitrogen and oxygen atoms in total. The predicted molar refractivity (Wildman–Crippen MR) is 78.0 cm³/mol. The molecule has 2 atom stereocenters. The van der Waals surface area contributed by atoms with E-state index in [9.17, 15) is 9.59 Å². The van der Waals surface area contributed by atoms with E-state index in [4.69, 9.17) is 5.73 Å². The zero-order chi connectivity index (χ0) is 14.5. The molecule has 3 N–H and O–H groups in total. The van der Waals surface area contributed by atoms with Gasteiger partial charge in [-0.15, -0.1) is 0 Å². The second kappa shape index (κ2) is 7.07. The second-order valence-corrected chi connectivity index (χ2v) is 6.36. The van der Waals surface area contributed by atoms with Gasteiger partial charge in [0.15, 0.2) is 0 Å². The summed E-state index contributed by atoms with van der Waals surface area (Å²) in [6.07, 6.45) is 8.32. The van der Waals surface area contributed by atoms with Crippen molar-refractivity contribution in [2.45, 2.75) is 63.5 Å². The lowest BCUT2D eigenvalue weighted by molar-refractivity contribution is -0.134. The number of likely N-dealkylation sites (N-methyl/N-ethyl adjacent to an activating group) is 1. The average Bonchev–Trinajstić information content (AvgIpc) is 2.44. The van der Waals surface area contributed by atoms with Crippen LogP contribution in [0.5, 0.6) is 0 Å². The minimum Gasteiger partial charge on any atom is -0.350 e. The third-order valence-electron chi connectivity index (χ3n) is 4.62. The molecular weight excluding hydrogens is 254 g/mol. The summed E-state index contributed by atoms with van der Waals surface area (Å²) in [7, 11) is 1.78. The maximum atomic E-state index is 12.1. The van der Waals surface area contributed by atoms with Crippen LogP contribution < -0.4 is 11.1 Å². The molecule has 2 aliphatic rings. The molecule has 1 aliphatic heterocycles. The van der Waals surface area contributed by atoms with E-state index in [1.807, 2.05) is 0 Å². The first-order chi connectivity index (χ1) is 9.56. The molecule has 0 aromatic rings. The molecule has 0 bridgehead atoms. The Morgan fingerprint density at radius 1 is 1.35 bits per heavy atom. The Kier molecular flexibility index (Phi) is 5.40. The highest BCUT2D eigenvalue weighted by Gasteiger charge is 2.27. The number of hydrogen-bond acceptors (Lipinski definition) is 3. The predicted octanol–water partition coefficient (Wildman–Crippen LogP) is 1.02. The first-order valence-electron chi connectivity index (χ1n) is 7.86. The zero-order valence-electron chi connectivity index (χ0n) is 12.4. The molecular formula is C15H27N3O2. The smallest absolute Gasteiger partial charge is 0.237 e. The number of likely N-dealkylation sites (tertiary alicyclic amines) is 1. The van der Waals surface area contributed by atoms with Gasteiger partial charge in [-0.3, -0.25) is 9.59 Å². The van der Waals surface area contributed by atoms with E-state index < -0.39 is 6.04 Å². The molecule has 2 fully saturated rings. The summed E-state index contributed by atoms with van der Waals surface area (Å²) in [5.74, 6) is 0.713. The summed E-state index contributed by atoms with van der Waals surface area (Å²) in [5.41, 5.74) is 6.03. The quantitative estimate of drug-likeness (QED) is 0.808. The molecule has 0 radical (unpaired) electrons. The highest BCUT2D eigenvalue weighted by molar-refractivity contribution is 5.82. The van der Waals surface area contributed by atoms with Gasteiger partial charge in [-0.25, -0.2) is 0 Å². The number of carbonyl (C=O) groups excluding carboxylic acids is 2. The number of nitrogens with one attached hydrogen (secondary N) is 1. The van der Waals surface area contributed by atoms with Crippen LogP contribution in [0.3, 0.4) is 0 Å². The standard InChI is InChI=1S/C15H27N3O2/c1-18-10-12(7-8-14(18)19)17-15(20)13(16)9-11-5-3-2-4-6-11/h11-13H,2-10,16H2,1H3,(H,17,20). The molecule has 2 amide bonds. The lowest BCUT2D eigenvalue weighted by atomic mass is 9.85. The van der Waals surface area contributed by atoms with Crippen molar-refractivity contribution < 1.29 is 9.59 Å². The third kappa shape index (κ3) is 4.20. The normalized spacial score (nSPS) is 26.4. The molecule has 114 valence electrons. The van der Waals surface area contributed by atoms with Gasteiger partial charge in [0.25, 0.3) is 0 Å². The van der Waals surface area contributed by atoms with Crippen molar-refractivity contribution in [3.63, 3.8) is 0 Å². The molecule has 1 saturated carbocycles. The monoisotopic (exact) mass is 281 g/mol. The Morgan fingerprint density at radius 3 is 2.70 bits per heavy atom. The van der Waals surface area contributed by atoms with Crippen molar-refractivity contribution >= 4 is 11.8 Å². The maximum absolute atomic E-state index is 12.1. The Balaban J connectivity index is 1.74. The number of rotatable bonds is 4. The summed E-state index contributed by atoms with van der Waals surface area (Å²) in [4.78, 5) is 25.2. The molecule has 1 aliphatic carbocycles. The largest absolute Gasteiger partial charge is 0.350 e. The topological polar surface area (TPSA) is 75.4 Å². The van der Waals surface area contributed by atoms with Crippen LogP contribution in [-0.4, -0.2) is 42.4 Å². The fourth-order valence-electron chi connectivity index (χ4n) is 3.33. The fourth-order valence-corrected chi connectivity index (χ4v) is 3.33. The Morgan fingerprint density at radius 2 is 2.05 bits per heavy atom. The Bertz CT molecular complexity index is 353. The van der Waals surface area contributed by atoms with Gasteiger partial charge in [0.05, 0.1) is 6.04 Å².